The van der Waals surface area contributed by atoms with Crippen LogP contribution in [0.15, 0.2) is 18.2 Å². The van der Waals surface area contributed by atoms with Gasteiger partial charge in [0.05, 0.1) is 4.83 Å². The third-order valence-corrected chi connectivity index (χ3v) is 3.35. The van der Waals surface area contributed by atoms with Crippen LogP contribution in [0.3, 0.4) is 0 Å². The minimum atomic E-state index is -1.86. The van der Waals surface area contributed by atoms with Crippen LogP contribution in [0.1, 0.15) is 29.0 Å². The van der Waals surface area contributed by atoms with Crippen LogP contribution >= 0.6 is 15.9 Å². The van der Waals surface area contributed by atoms with Gasteiger partial charge in [-0.05, 0) is 30.2 Å². The molecule has 0 aromatic heterocycles. The Bertz CT molecular complexity index is 461. The number of halogens is 2. The quantitative estimate of drug-likeness (QED) is 0.834. The van der Waals surface area contributed by atoms with E-state index in [-0.39, 0.29) is 16.9 Å². The molecule has 0 saturated carbocycles. The van der Waals surface area contributed by atoms with Crippen molar-refractivity contribution in [3.63, 3.8) is 0 Å². The first-order valence-corrected chi connectivity index (χ1v) is 5.61. The lowest BCUT2D eigenvalue weighted by Crippen LogP contribution is -2.15. The Kier molecular flexibility index (Phi) is 4.36. The van der Waals surface area contributed by atoms with E-state index in [2.05, 4.69) is 15.9 Å². The van der Waals surface area contributed by atoms with Crippen LogP contribution in [0.5, 0.6) is 0 Å². The second-order valence-electron chi connectivity index (χ2n) is 3.49. The summed E-state index contributed by atoms with van der Waals surface area (Å²) in [6, 6.07) is 3.29. The van der Waals surface area contributed by atoms with Crippen molar-refractivity contribution in [3.8, 4) is 0 Å². The molecular formula is C11H10BrFO4. The second kappa shape index (κ2) is 5.37. The maximum Gasteiger partial charge on any atom is 0.337 e. The molecule has 0 aliphatic rings. The number of ketones is 1. The number of hydrogen-bond donors (Lipinski definition) is 2. The molecule has 1 aromatic carbocycles. The number of carbonyl (C=O) groups is 2. The molecule has 0 aliphatic carbocycles. The van der Waals surface area contributed by atoms with Crippen molar-refractivity contribution < 1.29 is 24.2 Å². The average molecular weight is 305 g/mol. The molecule has 1 aromatic rings. The van der Waals surface area contributed by atoms with Gasteiger partial charge in [0.15, 0.2) is 6.10 Å². The Labute approximate surface area is 105 Å². The number of alkyl halides is 1. The summed E-state index contributed by atoms with van der Waals surface area (Å²) in [7, 11) is 0. The van der Waals surface area contributed by atoms with E-state index >= 15 is 0 Å². The number of Topliss-reactive ketones (excluding diaryl/α,β-unsaturated/α-hetero) is 1. The molecule has 0 heterocycles. The lowest BCUT2D eigenvalue weighted by atomic mass is 9.98. The van der Waals surface area contributed by atoms with Gasteiger partial charge in [0.25, 0.3) is 0 Å². The van der Waals surface area contributed by atoms with E-state index < -0.39 is 22.7 Å². The van der Waals surface area contributed by atoms with E-state index in [0.717, 1.165) is 12.1 Å². The minimum Gasteiger partial charge on any atom is -0.479 e. The summed E-state index contributed by atoms with van der Waals surface area (Å²) in [6.07, 6.45) is -1.86. The SMILES string of the molecule is CC(=O)C(Br)c1ccc(F)cc1C(O)C(=O)O. The van der Waals surface area contributed by atoms with Crippen LogP contribution in [-0.4, -0.2) is 22.0 Å². The summed E-state index contributed by atoms with van der Waals surface area (Å²) in [6.45, 7) is 1.31. The Morgan fingerprint density at radius 3 is 2.41 bits per heavy atom. The van der Waals surface area contributed by atoms with Crippen molar-refractivity contribution in [2.45, 2.75) is 17.9 Å². The Balaban J connectivity index is 3.30. The molecule has 17 heavy (non-hydrogen) atoms. The molecular weight excluding hydrogens is 295 g/mol. The molecule has 0 amide bonds. The van der Waals surface area contributed by atoms with Crippen LogP contribution in [0.2, 0.25) is 0 Å². The van der Waals surface area contributed by atoms with Crippen molar-refractivity contribution in [1.82, 2.24) is 0 Å². The third-order valence-electron chi connectivity index (χ3n) is 2.21. The van der Waals surface area contributed by atoms with Crippen molar-refractivity contribution >= 4 is 27.7 Å². The lowest BCUT2D eigenvalue weighted by molar-refractivity contribution is -0.147. The third kappa shape index (κ3) is 3.10. The summed E-state index contributed by atoms with van der Waals surface area (Å²) in [5, 5.41) is 18.1. The van der Waals surface area contributed by atoms with Gasteiger partial charge in [0.2, 0.25) is 0 Å². The number of rotatable bonds is 4. The number of benzene rings is 1. The predicted molar refractivity (Wildman–Crippen MR) is 61.3 cm³/mol. The number of aliphatic carboxylic acids is 1. The number of aliphatic hydroxyl groups excluding tert-OH is 1. The van der Waals surface area contributed by atoms with Crippen molar-refractivity contribution in [1.29, 1.82) is 0 Å². The number of hydrogen-bond acceptors (Lipinski definition) is 3. The Hall–Kier alpha value is -1.27. The minimum absolute atomic E-state index is 0.130. The standard InChI is InChI=1S/C11H10BrFO4/c1-5(14)9(12)7-3-2-6(13)4-8(7)10(15)11(16)17/h2-4,9-10,15H,1H3,(H,16,17). The molecule has 6 heteroatoms. The number of carboxylic acid groups (broad SMARTS) is 1. The summed E-state index contributed by atoms with van der Waals surface area (Å²) in [5.74, 6) is -2.44. The molecule has 2 N–H and O–H groups in total. The fraction of sp³-hybridized carbons (Fsp3) is 0.273. The molecule has 92 valence electrons. The van der Waals surface area contributed by atoms with E-state index in [1.54, 1.807) is 0 Å². The highest BCUT2D eigenvalue weighted by Crippen LogP contribution is 2.31. The van der Waals surface area contributed by atoms with Crippen LogP contribution < -0.4 is 0 Å². The topological polar surface area (TPSA) is 74.6 Å². The average Bonchev–Trinajstić information content (AvgIpc) is 2.26. The zero-order valence-electron chi connectivity index (χ0n) is 8.85. The van der Waals surface area contributed by atoms with Crippen molar-refractivity contribution in [3.05, 3.63) is 35.1 Å². The van der Waals surface area contributed by atoms with E-state index in [1.165, 1.54) is 13.0 Å². The van der Waals surface area contributed by atoms with Gasteiger partial charge < -0.3 is 10.2 Å². The molecule has 0 bridgehead atoms. The molecule has 0 radical (unpaired) electrons. The molecule has 0 aliphatic heterocycles. The van der Waals surface area contributed by atoms with Gasteiger partial charge in [0.1, 0.15) is 11.6 Å². The Morgan fingerprint density at radius 1 is 1.35 bits per heavy atom. The molecule has 2 unspecified atom stereocenters. The highest BCUT2D eigenvalue weighted by Gasteiger charge is 2.25. The highest BCUT2D eigenvalue weighted by molar-refractivity contribution is 9.09. The molecule has 0 saturated heterocycles. The molecule has 2 atom stereocenters. The van der Waals surface area contributed by atoms with Gasteiger partial charge in [-0.25, -0.2) is 9.18 Å². The molecule has 0 spiro atoms. The first-order chi connectivity index (χ1) is 7.84. The van der Waals surface area contributed by atoms with Gasteiger partial charge in [0, 0.05) is 0 Å². The van der Waals surface area contributed by atoms with Gasteiger partial charge >= 0.3 is 5.97 Å². The predicted octanol–water partition coefficient (Wildman–Crippen LogP) is 1.97. The summed E-state index contributed by atoms with van der Waals surface area (Å²) < 4.78 is 13.0. The lowest BCUT2D eigenvalue weighted by Gasteiger charge is -2.15. The highest BCUT2D eigenvalue weighted by atomic mass is 79.9. The van der Waals surface area contributed by atoms with Crippen molar-refractivity contribution in [2.75, 3.05) is 0 Å². The van der Waals surface area contributed by atoms with Gasteiger partial charge in [-0.15, -0.1) is 0 Å². The number of aliphatic hydroxyl groups is 1. The first-order valence-electron chi connectivity index (χ1n) is 4.69. The van der Waals surface area contributed by atoms with E-state index in [0.29, 0.717) is 0 Å². The maximum absolute atomic E-state index is 13.0. The van der Waals surface area contributed by atoms with E-state index in [1.807, 2.05) is 0 Å². The van der Waals surface area contributed by atoms with Gasteiger partial charge in [-0.1, -0.05) is 22.0 Å². The number of carboxylic acids is 1. The smallest absolute Gasteiger partial charge is 0.337 e. The largest absolute Gasteiger partial charge is 0.479 e. The van der Waals surface area contributed by atoms with Gasteiger partial charge in [-0.2, -0.15) is 0 Å². The summed E-state index contributed by atoms with van der Waals surface area (Å²) >= 11 is 3.07. The molecule has 4 nitrogen and oxygen atoms in total. The zero-order chi connectivity index (χ0) is 13.2. The Morgan fingerprint density at radius 2 is 1.94 bits per heavy atom. The maximum atomic E-state index is 13.0. The second-order valence-corrected chi connectivity index (χ2v) is 4.40. The number of carbonyl (C=O) groups excluding carboxylic acids is 1. The van der Waals surface area contributed by atoms with Crippen LogP contribution in [0, 0.1) is 5.82 Å². The zero-order valence-corrected chi connectivity index (χ0v) is 10.4. The fourth-order valence-corrected chi connectivity index (χ4v) is 1.78. The summed E-state index contributed by atoms with van der Waals surface area (Å²) in [5.41, 5.74) is 0.114. The van der Waals surface area contributed by atoms with Crippen LogP contribution in [-0.2, 0) is 9.59 Å². The van der Waals surface area contributed by atoms with E-state index in [9.17, 15) is 19.1 Å². The van der Waals surface area contributed by atoms with Crippen LogP contribution in [0.4, 0.5) is 4.39 Å². The fourth-order valence-electron chi connectivity index (χ4n) is 1.37. The van der Waals surface area contributed by atoms with E-state index in [4.69, 9.17) is 5.11 Å². The molecule has 0 fully saturated rings. The molecule has 1 rings (SSSR count). The normalized spacial score (nSPS) is 14.1. The monoisotopic (exact) mass is 304 g/mol. The van der Waals surface area contributed by atoms with Crippen molar-refractivity contribution in [2.24, 2.45) is 0 Å². The summed E-state index contributed by atoms with van der Waals surface area (Å²) in [4.78, 5) is 21.1. The van der Waals surface area contributed by atoms with Crippen LogP contribution in [0.25, 0.3) is 0 Å². The van der Waals surface area contributed by atoms with Gasteiger partial charge in [-0.3, -0.25) is 4.79 Å². The first kappa shape index (κ1) is 13.8.